The fourth-order valence-corrected chi connectivity index (χ4v) is 2.42. The maximum atomic E-state index is 6.21. The molecule has 0 bridgehead atoms. The summed E-state index contributed by atoms with van der Waals surface area (Å²) in [6.07, 6.45) is 8.43. The van der Waals surface area contributed by atoms with Crippen molar-refractivity contribution in [3.63, 3.8) is 0 Å². The van der Waals surface area contributed by atoms with Crippen LogP contribution in [0, 0.1) is 5.92 Å². The lowest BCUT2D eigenvalue weighted by Gasteiger charge is -2.34. The molecule has 0 amide bonds. The Morgan fingerprint density at radius 2 is 2.21 bits per heavy atom. The van der Waals surface area contributed by atoms with Gasteiger partial charge in [0.2, 0.25) is 0 Å². The van der Waals surface area contributed by atoms with Crippen molar-refractivity contribution in [2.45, 2.75) is 31.6 Å². The lowest BCUT2D eigenvalue weighted by atomic mass is 9.89. The highest BCUT2D eigenvalue weighted by atomic mass is 32.2. The molecular weight excluding hydrogens is 192 g/mol. The van der Waals surface area contributed by atoms with Gasteiger partial charge in [-0.15, -0.1) is 11.8 Å². The minimum atomic E-state index is -0.318. The van der Waals surface area contributed by atoms with Crippen LogP contribution in [0.15, 0.2) is 23.4 Å². The van der Waals surface area contributed by atoms with Crippen LogP contribution in [0.1, 0.15) is 26.7 Å². The topological polar surface area (TPSA) is 52.0 Å². The second-order valence-electron chi connectivity index (χ2n) is 3.89. The first kappa shape index (κ1) is 11.7. The molecule has 0 spiro atoms. The van der Waals surface area contributed by atoms with E-state index in [1.165, 1.54) is 5.57 Å². The number of hydrogen-bond donors (Lipinski definition) is 2. The Balaban J connectivity index is 2.90. The fraction of sp³-hybridized carbons (Fsp3) is 0.636. The van der Waals surface area contributed by atoms with Crippen molar-refractivity contribution in [1.29, 1.82) is 0 Å². The highest BCUT2D eigenvalue weighted by Crippen LogP contribution is 2.35. The Hall–Kier alpha value is -0.410. The third-order valence-corrected chi connectivity index (χ3v) is 3.98. The third-order valence-electron chi connectivity index (χ3n) is 2.79. The van der Waals surface area contributed by atoms with Gasteiger partial charge in [-0.1, -0.05) is 26.3 Å². The van der Waals surface area contributed by atoms with Crippen LogP contribution in [0.5, 0.6) is 0 Å². The summed E-state index contributed by atoms with van der Waals surface area (Å²) >= 11 is 1.66. The first-order chi connectivity index (χ1) is 6.53. The summed E-state index contributed by atoms with van der Waals surface area (Å²) in [5.41, 5.74) is 14.3. The van der Waals surface area contributed by atoms with Crippen molar-refractivity contribution in [2.75, 3.05) is 6.26 Å². The van der Waals surface area contributed by atoms with Gasteiger partial charge in [0, 0.05) is 11.6 Å². The van der Waals surface area contributed by atoms with Gasteiger partial charge in [0.05, 0.1) is 4.87 Å². The minimum absolute atomic E-state index is 0.318. The van der Waals surface area contributed by atoms with E-state index >= 15 is 0 Å². The van der Waals surface area contributed by atoms with Crippen molar-refractivity contribution in [3.8, 4) is 0 Å². The van der Waals surface area contributed by atoms with Gasteiger partial charge < -0.3 is 11.5 Å². The maximum Gasteiger partial charge on any atom is 0.0887 e. The Morgan fingerprint density at radius 1 is 1.57 bits per heavy atom. The molecule has 2 nitrogen and oxygen atoms in total. The predicted molar refractivity (Wildman–Crippen MR) is 64.9 cm³/mol. The molecule has 1 aliphatic rings. The summed E-state index contributed by atoms with van der Waals surface area (Å²) < 4.78 is 0. The highest BCUT2D eigenvalue weighted by molar-refractivity contribution is 8.00. The van der Waals surface area contributed by atoms with Crippen LogP contribution in [0.25, 0.3) is 0 Å². The van der Waals surface area contributed by atoms with Crippen LogP contribution in [0.2, 0.25) is 0 Å². The minimum Gasteiger partial charge on any atom is -0.399 e. The van der Waals surface area contributed by atoms with E-state index < -0.39 is 0 Å². The molecule has 2 atom stereocenters. The van der Waals surface area contributed by atoms with E-state index in [1.807, 2.05) is 12.3 Å². The second kappa shape index (κ2) is 4.41. The normalized spacial score (nSPS) is 32.4. The van der Waals surface area contributed by atoms with Crippen LogP contribution in [0.3, 0.4) is 0 Å². The van der Waals surface area contributed by atoms with Crippen molar-refractivity contribution in [2.24, 2.45) is 17.4 Å². The van der Waals surface area contributed by atoms with E-state index in [4.69, 9.17) is 11.5 Å². The highest BCUT2D eigenvalue weighted by Gasteiger charge is 2.31. The van der Waals surface area contributed by atoms with Gasteiger partial charge in [-0.25, -0.2) is 0 Å². The summed E-state index contributed by atoms with van der Waals surface area (Å²) in [5, 5.41) is 0. The van der Waals surface area contributed by atoms with Crippen LogP contribution in [-0.2, 0) is 0 Å². The molecule has 0 aromatic rings. The SMILES string of the molecule is CCCC1=CC(C)C(N)(SC)C=C1N. The number of nitrogens with two attached hydrogens (primary N) is 2. The molecule has 0 heterocycles. The summed E-state index contributed by atoms with van der Waals surface area (Å²) in [6.45, 7) is 4.31. The first-order valence-electron chi connectivity index (χ1n) is 5.07. The van der Waals surface area contributed by atoms with Crippen LogP contribution < -0.4 is 11.5 Å². The Bertz CT molecular complexity index is 270. The molecule has 80 valence electrons. The molecule has 2 unspecified atom stereocenters. The molecule has 0 radical (unpaired) electrons. The average molecular weight is 212 g/mol. The predicted octanol–water partition coefficient (Wildman–Crippen LogP) is 2.22. The number of allylic oxidation sites excluding steroid dienone is 1. The van der Waals surface area contributed by atoms with E-state index in [0.29, 0.717) is 5.92 Å². The lowest BCUT2D eigenvalue weighted by molar-refractivity contribution is 0.563. The van der Waals surface area contributed by atoms with Gasteiger partial charge in [-0.05, 0) is 24.3 Å². The van der Waals surface area contributed by atoms with Crippen molar-refractivity contribution in [1.82, 2.24) is 0 Å². The molecule has 0 aromatic carbocycles. The van der Waals surface area contributed by atoms with Crippen molar-refractivity contribution < 1.29 is 0 Å². The summed E-state index contributed by atoms with van der Waals surface area (Å²) in [7, 11) is 0. The molecule has 0 fully saturated rings. The zero-order chi connectivity index (χ0) is 10.8. The Kier molecular flexibility index (Phi) is 3.67. The Morgan fingerprint density at radius 3 is 2.71 bits per heavy atom. The smallest absolute Gasteiger partial charge is 0.0887 e. The fourth-order valence-electron chi connectivity index (χ4n) is 1.74. The van der Waals surface area contributed by atoms with Crippen LogP contribution >= 0.6 is 11.8 Å². The molecule has 14 heavy (non-hydrogen) atoms. The van der Waals surface area contributed by atoms with E-state index in [0.717, 1.165) is 18.5 Å². The third kappa shape index (κ3) is 2.15. The second-order valence-corrected chi connectivity index (χ2v) is 5.00. The molecule has 1 aliphatic carbocycles. The maximum absolute atomic E-state index is 6.21. The summed E-state index contributed by atoms with van der Waals surface area (Å²) in [4.78, 5) is -0.318. The molecule has 0 aliphatic heterocycles. The van der Waals surface area contributed by atoms with Gasteiger partial charge in [0.25, 0.3) is 0 Å². The van der Waals surface area contributed by atoms with Gasteiger partial charge in [0.15, 0.2) is 0 Å². The van der Waals surface area contributed by atoms with E-state index in [2.05, 4.69) is 19.9 Å². The number of rotatable bonds is 3. The van der Waals surface area contributed by atoms with E-state index in [9.17, 15) is 0 Å². The quantitative estimate of drug-likeness (QED) is 0.705. The van der Waals surface area contributed by atoms with Gasteiger partial charge >= 0.3 is 0 Å². The average Bonchev–Trinajstić information content (AvgIpc) is 2.15. The zero-order valence-electron chi connectivity index (χ0n) is 9.21. The molecule has 4 N–H and O–H groups in total. The zero-order valence-corrected chi connectivity index (χ0v) is 10.0. The lowest BCUT2D eigenvalue weighted by Crippen LogP contribution is -2.42. The summed E-state index contributed by atoms with van der Waals surface area (Å²) in [6, 6.07) is 0. The van der Waals surface area contributed by atoms with E-state index in [1.54, 1.807) is 11.8 Å². The number of thioether (sulfide) groups is 1. The monoisotopic (exact) mass is 212 g/mol. The molecule has 1 rings (SSSR count). The largest absolute Gasteiger partial charge is 0.399 e. The van der Waals surface area contributed by atoms with Crippen molar-refractivity contribution >= 4 is 11.8 Å². The van der Waals surface area contributed by atoms with Gasteiger partial charge in [-0.3, -0.25) is 0 Å². The standard InChI is InChI=1S/C11H20N2S/c1-4-5-9-6-8(2)11(13,14-3)7-10(9)12/h6-8H,4-5,12-13H2,1-3H3. The van der Waals surface area contributed by atoms with Gasteiger partial charge in [0.1, 0.15) is 0 Å². The molecule has 3 heteroatoms. The first-order valence-corrected chi connectivity index (χ1v) is 6.29. The molecule has 0 aromatic heterocycles. The van der Waals surface area contributed by atoms with Crippen molar-refractivity contribution in [3.05, 3.63) is 23.4 Å². The molecular formula is C11H20N2S. The van der Waals surface area contributed by atoms with E-state index in [-0.39, 0.29) is 4.87 Å². The molecule has 0 saturated carbocycles. The summed E-state index contributed by atoms with van der Waals surface area (Å²) in [5.74, 6) is 0.353. The Labute approximate surface area is 90.8 Å². The molecule has 0 saturated heterocycles. The number of hydrogen-bond acceptors (Lipinski definition) is 3. The van der Waals surface area contributed by atoms with Gasteiger partial charge in [-0.2, -0.15) is 0 Å². The van der Waals surface area contributed by atoms with Crippen LogP contribution in [0.4, 0.5) is 0 Å². The van der Waals surface area contributed by atoms with Crippen LogP contribution in [-0.4, -0.2) is 11.1 Å².